The maximum absolute atomic E-state index is 13.2. The Balaban J connectivity index is 2.13. The Hall–Kier alpha value is -1.98. The fourth-order valence-corrected chi connectivity index (χ4v) is 4.13. The zero-order valence-electron chi connectivity index (χ0n) is 17.9. The van der Waals surface area contributed by atoms with Crippen molar-refractivity contribution in [3.8, 4) is 0 Å². The molecule has 162 valence electrons. The van der Waals surface area contributed by atoms with Gasteiger partial charge in [0.1, 0.15) is 6.04 Å². The first-order valence-electron chi connectivity index (χ1n) is 10.3. The molecule has 4 nitrogen and oxygen atoms in total. The molecule has 30 heavy (non-hydrogen) atoms. The van der Waals surface area contributed by atoms with Crippen LogP contribution in [0.1, 0.15) is 38.3 Å². The van der Waals surface area contributed by atoms with Gasteiger partial charge in [-0.15, -0.1) is 11.8 Å². The smallest absolute Gasteiger partial charge is 0.242 e. The summed E-state index contributed by atoms with van der Waals surface area (Å²) < 4.78 is 0. The molecule has 0 bridgehead atoms. The number of hydrogen-bond donors (Lipinski definition) is 1. The number of halogens is 1. The Morgan fingerprint density at radius 1 is 1.07 bits per heavy atom. The zero-order valence-corrected chi connectivity index (χ0v) is 19.5. The van der Waals surface area contributed by atoms with E-state index in [4.69, 9.17) is 11.6 Å². The van der Waals surface area contributed by atoms with Crippen LogP contribution in [-0.4, -0.2) is 35.1 Å². The van der Waals surface area contributed by atoms with Crippen molar-refractivity contribution in [3.63, 3.8) is 0 Å². The lowest BCUT2D eigenvalue weighted by Gasteiger charge is -2.31. The molecule has 0 aliphatic carbocycles. The first-order valence-corrected chi connectivity index (χ1v) is 11.9. The molecule has 0 aromatic heterocycles. The van der Waals surface area contributed by atoms with Crippen LogP contribution in [-0.2, 0) is 21.9 Å². The predicted octanol–water partition coefficient (Wildman–Crippen LogP) is 5.15. The third-order valence-electron chi connectivity index (χ3n) is 4.71. The van der Waals surface area contributed by atoms with E-state index in [-0.39, 0.29) is 11.8 Å². The number of carbonyl (C=O) groups excluding carboxylic acids is 2. The number of nitrogens with zero attached hydrogens (tertiary/aromatic N) is 1. The number of carbonyl (C=O) groups is 2. The van der Waals surface area contributed by atoms with Gasteiger partial charge in [-0.1, -0.05) is 80.9 Å². The minimum atomic E-state index is -0.523. The van der Waals surface area contributed by atoms with E-state index in [0.29, 0.717) is 36.2 Å². The van der Waals surface area contributed by atoms with Gasteiger partial charge in [-0.3, -0.25) is 9.59 Å². The lowest BCUT2D eigenvalue weighted by Crippen LogP contribution is -2.50. The summed E-state index contributed by atoms with van der Waals surface area (Å²) >= 11 is 7.90. The van der Waals surface area contributed by atoms with Crippen LogP contribution < -0.4 is 5.32 Å². The Labute approximate surface area is 189 Å². The number of thioether (sulfide) groups is 1. The van der Waals surface area contributed by atoms with Crippen molar-refractivity contribution in [2.45, 2.75) is 45.5 Å². The summed E-state index contributed by atoms with van der Waals surface area (Å²) in [5, 5.41) is 3.58. The standard InChI is InChI=1S/C24H31ClN2O2S/c1-4-22(24(29)26-14-18(2)3)27(15-20-12-8-9-13-21(20)25)23(28)17-30-16-19-10-6-5-7-11-19/h5-13,18,22H,4,14-17H2,1-3H3,(H,26,29)/t22-/m0/s1. The minimum Gasteiger partial charge on any atom is -0.354 e. The van der Waals surface area contributed by atoms with Gasteiger partial charge in [0.05, 0.1) is 5.75 Å². The molecule has 0 aliphatic heterocycles. The second-order valence-electron chi connectivity index (χ2n) is 7.65. The Kier molecular flexibility index (Phi) is 10.2. The van der Waals surface area contributed by atoms with Crippen molar-refractivity contribution >= 4 is 35.2 Å². The average molecular weight is 447 g/mol. The first-order chi connectivity index (χ1) is 14.4. The highest BCUT2D eigenvalue weighted by Gasteiger charge is 2.28. The van der Waals surface area contributed by atoms with Gasteiger partial charge < -0.3 is 10.2 Å². The number of rotatable bonds is 11. The molecule has 0 spiro atoms. The van der Waals surface area contributed by atoms with Gasteiger partial charge in [0.15, 0.2) is 0 Å². The van der Waals surface area contributed by atoms with Gasteiger partial charge in [0, 0.05) is 23.9 Å². The van der Waals surface area contributed by atoms with Crippen molar-refractivity contribution in [2.75, 3.05) is 12.3 Å². The molecule has 2 rings (SSSR count). The molecule has 0 heterocycles. The van der Waals surface area contributed by atoms with Crippen molar-refractivity contribution in [3.05, 3.63) is 70.7 Å². The molecule has 0 saturated heterocycles. The number of amides is 2. The van der Waals surface area contributed by atoms with E-state index in [0.717, 1.165) is 11.3 Å². The van der Waals surface area contributed by atoms with E-state index in [1.165, 1.54) is 5.56 Å². The molecule has 2 aromatic carbocycles. The SMILES string of the molecule is CC[C@@H](C(=O)NCC(C)C)N(Cc1ccccc1Cl)C(=O)CSCc1ccccc1. The summed E-state index contributed by atoms with van der Waals surface area (Å²) in [7, 11) is 0. The summed E-state index contributed by atoms with van der Waals surface area (Å²) in [4.78, 5) is 27.7. The van der Waals surface area contributed by atoms with Gasteiger partial charge in [0.2, 0.25) is 11.8 Å². The van der Waals surface area contributed by atoms with Crippen molar-refractivity contribution in [1.82, 2.24) is 10.2 Å². The number of benzene rings is 2. The fourth-order valence-electron chi connectivity index (χ4n) is 3.07. The molecule has 0 aliphatic rings. The maximum Gasteiger partial charge on any atom is 0.242 e. The normalized spacial score (nSPS) is 11.9. The van der Waals surface area contributed by atoms with Gasteiger partial charge in [-0.2, -0.15) is 0 Å². The van der Waals surface area contributed by atoms with E-state index < -0.39 is 6.04 Å². The fraction of sp³-hybridized carbons (Fsp3) is 0.417. The van der Waals surface area contributed by atoms with Crippen LogP contribution in [0.5, 0.6) is 0 Å². The highest BCUT2D eigenvalue weighted by atomic mass is 35.5. The van der Waals surface area contributed by atoms with Gasteiger partial charge in [-0.25, -0.2) is 0 Å². The molecule has 1 atom stereocenters. The summed E-state index contributed by atoms with van der Waals surface area (Å²) in [6.07, 6.45) is 0.545. The molecular weight excluding hydrogens is 416 g/mol. The molecule has 0 unspecified atom stereocenters. The lowest BCUT2D eigenvalue weighted by atomic mass is 10.1. The predicted molar refractivity (Wildman–Crippen MR) is 127 cm³/mol. The summed E-state index contributed by atoms with van der Waals surface area (Å²) in [5.74, 6) is 1.25. The van der Waals surface area contributed by atoms with Crippen molar-refractivity contribution < 1.29 is 9.59 Å². The Morgan fingerprint density at radius 2 is 1.73 bits per heavy atom. The topological polar surface area (TPSA) is 49.4 Å². The van der Waals surface area contributed by atoms with Crippen LogP contribution in [0.25, 0.3) is 0 Å². The second kappa shape index (κ2) is 12.7. The maximum atomic E-state index is 13.2. The van der Waals surface area contributed by atoms with Crippen LogP contribution in [0.15, 0.2) is 54.6 Å². The quantitative estimate of drug-likeness (QED) is 0.519. The molecular formula is C24H31ClN2O2S. The van der Waals surface area contributed by atoms with E-state index in [1.807, 2.05) is 75.4 Å². The largest absolute Gasteiger partial charge is 0.354 e. The van der Waals surface area contributed by atoms with E-state index in [1.54, 1.807) is 16.7 Å². The zero-order chi connectivity index (χ0) is 21.9. The highest BCUT2D eigenvalue weighted by molar-refractivity contribution is 7.99. The Bertz CT molecular complexity index is 814. The second-order valence-corrected chi connectivity index (χ2v) is 9.05. The van der Waals surface area contributed by atoms with Crippen molar-refractivity contribution in [1.29, 1.82) is 0 Å². The average Bonchev–Trinajstić information content (AvgIpc) is 2.74. The summed E-state index contributed by atoms with van der Waals surface area (Å²) in [6, 6.07) is 17.0. The van der Waals surface area contributed by atoms with E-state index in [2.05, 4.69) is 5.32 Å². The van der Waals surface area contributed by atoms with Gasteiger partial charge >= 0.3 is 0 Å². The lowest BCUT2D eigenvalue weighted by molar-refractivity contribution is -0.139. The molecule has 0 radical (unpaired) electrons. The molecule has 2 amide bonds. The molecule has 6 heteroatoms. The van der Waals surface area contributed by atoms with Crippen LogP contribution in [0.3, 0.4) is 0 Å². The molecule has 0 saturated carbocycles. The van der Waals surface area contributed by atoms with Crippen LogP contribution >= 0.6 is 23.4 Å². The monoisotopic (exact) mass is 446 g/mol. The highest BCUT2D eigenvalue weighted by Crippen LogP contribution is 2.21. The molecule has 0 fully saturated rings. The first kappa shape index (κ1) is 24.3. The van der Waals surface area contributed by atoms with Crippen LogP contribution in [0.4, 0.5) is 0 Å². The molecule has 1 N–H and O–H groups in total. The van der Waals surface area contributed by atoms with E-state index >= 15 is 0 Å². The summed E-state index contributed by atoms with van der Waals surface area (Å²) in [5.41, 5.74) is 2.02. The van der Waals surface area contributed by atoms with Crippen LogP contribution in [0, 0.1) is 5.92 Å². The Morgan fingerprint density at radius 3 is 2.37 bits per heavy atom. The van der Waals surface area contributed by atoms with Gasteiger partial charge in [0.25, 0.3) is 0 Å². The van der Waals surface area contributed by atoms with Gasteiger partial charge in [-0.05, 0) is 29.5 Å². The van der Waals surface area contributed by atoms with Crippen molar-refractivity contribution in [2.24, 2.45) is 5.92 Å². The minimum absolute atomic E-state index is 0.0533. The number of nitrogens with one attached hydrogen (secondary N) is 1. The third-order valence-corrected chi connectivity index (χ3v) is 6.06. The van der Waals surface area contributed by atoms with E-state index in [9.17, 15) is 9.59 Å². The van der Waals surface area contributed by atoms with Crippen LogP contribution in [0.2, 0.25) is 5.02 Å². The number of hydrogen-bond acceptors (Lipinski definition) is 3. The molecule has 2 aromatic rings. The third kappa shape index (κ3) is 7.69. The summed E-state index contributed by atoms with van der Waals surface area (Å²) in [6.45, 7) is 6.94.